The summed E-state index contributed by atoms with van der Waals surface area (Å²) in [7, 11) is -2.65. The van der Waals surface area contributed by atoms with E-state index >= 15 is 0 Å². The fraction of sp³-hybridized carbons (Fsp3) is 0.0169. The zero-order chi connectivity index (χ0) is 43.8. The van der Waals surface area contributed by atoms with E-state index in [1.54, 1.807) is 0 Å². The van der Waals surface area contributed by atoms with E-state index in [2.05, 4.69) is 234 Å². The van der Waals surface area contributed by atoms with Crippen LogP contribution in [0.1, 0.15) is 0 Å². The van der Waals surface area contributed by atoms with Crippen LogP contribution in [0.25, 0.3) is 22.5 Å². The standard InChI is InChI=1S/C59H42BN5Si/c1-66(44-25-9-4-10-26-44)55-35-19-33-51-58(55)60-57-53(64(51)49-31-13-11-27-45(49)47-29-15-17-37-61-47)39-43(63(41-21-5-2-6-22-41)42-23-7-3-8-24-42)40-54(57)65(52-34-20-36-56(66)59(52)60)50-32-14-12-28-46(50)48-30-16-18-38-62-48/h2-40H,1H3. The van der Waals surface area contributed by atoms with Crippen molar-refractivity contribution >= 4 is 97.9 Å². The fourth-order valence-corrected chi connectivity index (χ4v) is 15.5. The Balaban J connectivity index is 1.21. The first-order chi connectivity index (χ1) is 32.7. The molecule has 3 aliphatic rings. The first kappa shape index (κ1) is 38.2. The molecule has 0 fully saturated rings. The minimum Gasteiger partial charge on any atom is -0.311 e. The van der Waals surface area contributed by atoms with E-state index in [1.807, 2.05) is 24.5 Å². The molecule has 7 heteroatoms. The lowest BCUT2D eigenvalue weighted by molar-refractivity contribution is 1.22. The molecule has 8 aromatic carbocycles. The number of pyridine rings is 2. The third-order valence-electron chi connectivity index (χ3n) is 14.0. The largest absolute Gasteiger partial charge is 0.311 e. The van der Waals surface area contributed by atoms with E-state index in [-0.39, 0.29) is 6.71 Å². The third-order valence-corrected chi connectivity index (χ3v) is 18.5. The molecule has 0 saturated heterocycles. The van der Waals surface area contributed by atoms with Gasteiger partial charge in [0.1, 0.15) is 8.07 Å². The Morgan fingerprint density at radius 3 is 1.27 bits per heavy atom. The highest BCUT2D eigenvalue weighted by Gasteiger charge is 2.54. The maximum atomic E-state index is 4.97. The van der Waals surface area contributed by atoms with Crippen molar-refractivity contribution in [2.24, 2.45) is 0 Å². The quantitative estimate of drug-likeness (QED) is 0.142. The van der Waals surface area contributed by atoms with E-state index in [1.165, 1.54) is 43.3 Å². The van der Waals surface area contributed by atoms with Gasteiger partial charge in [0, 0.05) is 57.6 Å². The fourth-order valence-electron chi connectivity index (χ4n) is 11.2. The molecule has 0 unspecified atom stereocenters. The molecule has 0 amide bonds. The summed E-state index contributed by atoms with van der Waals surface area (Å²) >= 11 is 0. The lowest BCUT2D eigenvalue weighted by atomic mass is 9.33. The van der Waals surface area contributed by atoms with Gasteiger partial charge in [-0.3, -0.25) is 9.97 Å². The smallest absolute Gasteiger partial charge is 0.251 e. The van der Waals surface area contributed by atoms with Crippen LogP contribution in [0, 0.1) is 0 Å². The normalized spacial score (nSPS) is 13.6. The molecule has 2 aromatic heterocycles. The van der Waals surface area contributed by atoms with Crippen LogP contribution in [0.4, 0.5) is 51.2 Å². The highest BCUT2D eigenvalue weighted by atomic mass is 28.3. The van der Waals surface area contributed by atoms with Gasteiger partial charge in [0.25, 0.3) is 6.71 Å². The summed E-state index contributed by atoms with van der Waals surface area (Å²) < 4.78 is 0. The SMILES string of the molecule is C[Si]1(c2ccccc2)c2cccc3c2B2c4c(cc(N(c5ccccc5)c5ccccc5)cc4N(c4ccccc4-c4ccccn4)c4cccc1c42)N3c1ccccc1-c1ccccn1. The van der Waals surface area contributed by atoms with Gasteiger partial charge in [0.2, 0.25) is 0 Å². The van der Waals surface area contributed by atoms with Crippen molar-refractivity contribution in [1.82, 2.24) is 9.97 Å². The summed E-state index contributed by atoms with van der Waals surface area (Å²) in [6, 6.07) is 82.0. The van der Waals surface area contributed by atoms with Crippen molar-refractivity contribution in [3.63, 3.8) is 0 Å². The van der Waals surface area contributed by atoms with Gasteiger partial charge in [-0.2, -0.15) is 0 Å². The van der Waals surface area contributed by atoms with Gasteiger partial charge in [-0.15, -0.1) is 0 Å². The molecule has 0 N–H and O–H groups in total. The van der Waals surface area contributed by atoms with E-state index in [0.29, 0.717) is 0 Å². The average molecular weight is 860 g/mol. The van der Waals surface area contributed by atoms with Crippen LogP contribution in [0.2, 0.25) is 6.55 Å². The Kier molecular flexibility index (Phi) is 8.80. The molecule has 66 heavy (non-hydrogen) atoms. The van der Waals surface area contributed by atoms with Gasteiger partial charge in [-0.25, -0.2) is 0 Å². The second kappa shape index (κ2) is 15.2. The molecule has 5 heterocycles. The van der Waals surface area contributed by atoms with Crippen molar-refractivity contribution < 1.29 is 0 Å². The molecular weight excluding hydrogens is 818 g/mol. The Bertz CT molecular complexity index is 3260. The molecule has 310 valence electrons. The molecule has 10 aromatic rings. The Labute approximate surface area is 386 Å². The third kappa shape index (κ3) is 5.66. The zero-order valence-corrected chi connectivity index (χ0v) is 37.3. The minimum absolute atomic E-state index is 0.0239. The van der Waals surface area contributed by atoms with E-state index in [4.69, 9.17) is 9.97 Å². The van der Waals surface area contributed by atoms with Crippen LogP contribution < -0.4 is 46.6 Å². The number of benzene rings is 8. The van der Waals surface area contributed by atoms with Crippen LogP contribution in [0.5, 0.6) is 0 Å². The summed E-state index contributed by atoms with van der Waals surface area (Å²) in [5.74, 6) is 0. The Hall–Kier alpha value is -8.26. The molecule has 0 saturated carbocycles. The maximum absolute atomic E-state index is 4.97. The first-order valence-corrected chi connectivity index (χ1v) is 25.2. The highest BCUT2D eigenvalue weighted by molar-refractivity contribution is 7.21. The average Bonchev–Trinajstić information content (AvgIpc) is 3.39. The van der Waals surface area contributed by atoms with Crippen molar-refractivity contribution in [2.75, 3.05) is 14.7 Å². The predicted molar refractivity (Wildman–Crippen MR) is 279 cm³/mol. The van der Waals surface area contributed by atoms with Crippen LogP contribution in [-0.4, -0.2) is 24.8 Å². The number of hydrogen-bond donors (Lipinski definition) is 0. The number of para-hydroxylation sites is 4. The van der Waals surface area contributed by atoms with E-state index < -0.39 is 8.07 Å². The lowest BCUT2D eigenvalue weighted by Crippen LogP contribution is -2.83. The number of anilines is 9. The summed E-state index contributed by atoms with van der Waals surface area (Å²) in [4.78, 5) is 17.5. The molecule has 3 aliphatic heterocycles. The Morgan fingerprint density at radius 2 is 0.803 bits per heavy atom. The maximum Gasteiger partial charge on any atom is 0.251 e. The zero-order valence-electron chi connectivity index (χ0n) is 36.3. The van der Waals surface area contributed by atoms with Crippen LogP contribution in [0.3, 0.4) is 0 Å². The number of aromatic nitrogens is 2. The molecule has 5 nitrogen and oxygen atoms in total. The Morgan fingerprint density at radius 1 is 0.379 bits per heavy atom. The van der Waals surface area contributed by atoms with Crippen molar-refractivity contribution in [3.8, 4) is 22.5 Å². The summed E-state index contributed by atoms with van der Waals surface area (Å²) in [6.45, 7) is 2.55. The van der Waals surface area contributed by atoms with Crippen LogP contribution in [-0.2, 0) is 0 Å². The summed E-state index contributed by atoms with van der Waals surface area (Å²) in [6.07, 6.45) is 3.80. The highest BCUT2D eigenvalue weighted by Crippen LogP contribution is 2.50. The van der Waals surface area contributed by atoms with Crippen LogP contribution >= 0.6 is 0 Å². The lowest BCUT2D eigenvalue weighted by Gasteiger charge is -2.51. The molecule has 0 spiro atoms. The van der Waals surface area contributed by atoms with Gasteiger partial charge >= 0.3 is 0 Å². The summed E-state index contributed by atoms with van der Waals surface area (Å²) in [5.41, 5.74) is 18.2. The van der Waals surface area contributed by atoms with Gasteiger partial charge in [-0.1, -0.05) is 156 Å². The summed E-state index contributed by atoms with van der Waals surface area (Å²) in [5, 5.41) is 4.32. The molecule has 0 atom stereocenters. The van der Waals surface area contributed by atoms with Gasteiger partial charge in [0.05, 0.1) is 28.5 Å². The van der Waals surface area contributed by atoms with Crippen molar-refractivity contribution in [1.29, 1.82) is 0 Å². The number of rotatable bonds is 8. The van der Waals surface area contributed by atoms with Gasteiger partial charge in [0.15, 0.2) is 0 Å². The molecule has 0 aliphatic carbocycles. The first-order valence-electron chi connectivity index (χ1n) is 22.7. The molecule has 0 bridgehead atoms. The topological polar surface area (TPSA) is 35.5 Å². The molecule has 13 rings (SSSR count). The second-order valence-corrected chi connectivity index (χ2v) is 21.3. The monoisotopic (exact) mass is 859 g/mol. The minimum atomic E-state index is -2.65. The van der Waals surface area contributed by atoms with Gasteiger partial charge < -0.3 is 14.7 Å². The predicted octanol–water partition coefficient (Wildman–Crippen LogP) is 10.8. The molecular formula is C59H42BN5Si. The van der Waals surface area contributed by atoms with E-state index in [0.717, 1.165) is 62.3 Å². The number of hydrogen-bond acceptors (Lipinski definition) is 5. The number of nitrogens with zero attached hydrogens (tertiary/aromatic N) is 5. The molecule has 0 radical (unpaired) electrons. The van der Waals surface area contributed by atoms with E-state index in [9.17, 15) is 0 Å². The second-order valence-electron chi connectivity index (χ2n) is 17.4. The van der Waals surface area contributed by atoms with Gasteiger partial charge in [-0.05, 0) is 107 Å². The van der Waals surface area contributed by atoms with Crippen molar-refractivity contribution in [2.45, 2.75) is 6.55 Å². The van der Waals surface area contributed by atoms with Crippen LogP contribution in [0.15, 0.2) is 237 Å². The van der Waals surface area contributed by atoms with Crippen molar-refractivity contribution in [3.05, 3.63) is 237 Å².